The molecule has 3 aromatic rings. The van der Waals surface area contributed by atoms with Gasteiger partial charge < -0.3 is 15.4 Å². The Morgan fingerprint density at radius 3 is 2.45 bits per heavy atom. The first kappa shape index (κ1) is 23.2. The summed E-state index contributed by atoms with van der Waals surface area (Å²) in [4.78, 5) is 8.75. The molecule has 0 spiro atoms. The van der Waals surface area contributed by atoms with Gasteiger partial charge in [-0.2, -0.15) is 0 Å². The molecule has 0 atom stereocenters. The minimum Gasteiger partial charge on any atom is -0.489 e. The van der Waals surface area contributed by atoms with Gasteiger partial charge in [-0.05, 0) is 30.2 Å². The topological polar surface area (TPSA) is 58.5 Å². The summed E-state index contributed by atoms with van der Waals surface area (Å²) in [6.07, 6.45) is 0.887. The number of benzene rings is 2. The van der Waals surface area contributed by atoms with Crippen LogP contribution in [-0.2, 0) is 19.6 Å². The Labute approximate surface area is 193 Å². The molecule has 0 radical (unpaired) electrons. The van der Waals surface area contributed by atoms with Crippen LogP contribution in [-0.4, -0.2) is 24.5 Å². The van der Waals surface area contributed by atoms with Crippen LogP contribution in [0.25, 0.3) is 0 Å². The van der Waals surface area contributed by atoms with Crippen LogP contribution in [0.4, 0.5) is 0 Å². The summed E-state index contributed by atoms with van der Waals surface area (Å²) in [5.41, 5.74) is 3.46. The van der Waals surface area contributed by atoms with Gasteiger partial charge in [0.25, 0.3) is 0 Å². The second-order valence-electron chi connectivity index (χ2n) is 6.38. The van der Waals surface area contributed by atoms with Gasteiger partial charge in [-0.3, -0.25) is 4.99 Å². The predicted molar refractivity (Wildman–Crippen MR) is 131 cm³/mol. The molecule has 2 aromatic carbocycles. The lowest BCUT2D eigenvalue weighted by atomic mass is 10.2. The minimum atomic E-state index is 0. The average molecular weight is 522 g/mol. The third-order valence-corrected chi connectivity index (χ3v) is 5.02. The van der Waals surface area contributed by atoms with Gasteiger partial charge in [-0.1, -0.05) is 42.5 Å². The number of halogens is 1. The molecule has 7 heteroatoms. The monoisotopic (exact) mass is 522 g/mol. The lowest BCUT2D eigenvalue weighted by molar-refractivity contribution is 0.306. The number of hydrogen-bond acceptors (Lipinski definition) is 4. The Morgan fingerprint density at radius 2 is 1.79 bits per heavy atom. The number of guanidine groups is 1. The molecule has 29 heavy (non-hydrogen) atoms. The van der Waals surface area contributed by atoms with Gasteiger partial charge in [0.05, 0.1) is 10.7 Å². The van der Waals surface area contributed by atoms with Gasteiger partial charge in [0.15, 0.2) is 5.96 Å². The lowest BCUT2D eigenvalue weighted by Crippen LogP contribution is -2.37. The van der Waals surface area contributed by atoms with Crippen molar-refractivity contribution in [1.82, 2.24) is 15.6 Å². The molecular formula is C22H27IN4OS. The Balaban J connectivity index is 0.00000300. The second-order valence-corrected chi connectivity index (χ2v) is 7.44. The van der Waals surface area contributed by atoms with Gasteiger partial charge in [0.1, 0.15) is 12.4 Å². The number of rotatable bonds is 8. The van der Waals surface area contributed by atoms with E-state index in [4.69, 9.17) is 4.74 Å². The number of nitrogens with zero attached hydrogens (tertiary/aromatic N) is 2. The number of nitrogens with one attached hydrogen (secondary N) is 2. The van der Waals surface area contributed by atoms with Crippen molar-refractivity contribution in [2.24, 2.45) is 4.99 Å². The molecule has 2 N–H and O–H groups in total. The van der Waals surface area contributed by atoms with E-state index < -0.39 is 0 Å². The molecule has 1 aromatic heterocycles. The summed E-state index contributed by atoms with van der Waals surface area (Å²) in [5.74, 6) is 1.66. The van der Waals surface area contributed by atoms with Crippen molar-refractivity contribution in [2.75, 3.05) is 13.6 Å². The highest BCUT2D eigenvalue weighted by molar-refractivity contribution is 14.0. The summed E-state index contributed by atoms with van der Waals surface area (Å²) >= 11 is 1.68. The molecule has 0 saturated heterocycles. The summed E-state index contributed by atoms with van der Waals surface area (Å²) in [6.45, 7) is 4.11. The van der Waals surface area contributed by atoms with E-state index in [0.29, 0.717) is 13.2 Å². The van der Waals surface area contributed by atoms with Crippen LogP contribution in [0.1, 0.15) is 21.8 Å². The smallest absolute Gasteiger partial charge is 0.191 e. The molecule has 0 fully saturated rings. The van der Waals surface area contributed by atoms with Crippen molar-refractivity contribution in [1.29, 1.82) is 0 Å². The van der Waals surface area contributed by atoms with E-state index in [1.165, 1.54) is 5.56 Å². The fourth-order valence-electron chi connectivity index (χ4n) is 2.68. The third kappa shape index (κ3) is 8.02. The molecular weight excluding hydrogens is 495 g/mol. The minimum absolute atomic E-state index is 0. The van der Waals surface area contributed by atoms with Crippen LogP contribution in [0, 0.1) is 6.92 Å². The van der Waals surface area contributed by atoms with Gasteiger partial charge in [0, 0.05) is 31.9 Å². The number of thiazole rings is 1. The maximum atomic E-state index is 5.83. The van der Waals surface area contributed by atoms with Crippen molar-refractivity contribution in [2.45, 2.75) is 26.5 Å². The van der Waals surface area contributed by atoms with Gasteiger partial charge >= 0.3 is 0 Å². The van der Waals surface area contributed by atoms with Crippen molar-refractivity contribution >= 4 is 41.3 Å². The Bertz CT molecular complexity index is 881. The van der Waals surface area contributed by atoms with Crippen LogP contribution in [0.15, 0.2) is 65.0 Å². The normalized spacial score (nSPS) is 10.9. The zero-order valence-electron chi connectivity index (χ0n) is 16.7. The molecule has 0 saturated carbocycles. The van der Waals surface area contributed by atoms with Crippen molar-refractivity contribution in [3.8, 4) is 5.75 Å². The Kier molecular flexibility index (Phi) is 9.93. The van der Waals surface area contributed by atoms with E-state index in [1.54, 1.807) is 18.4 Å². The van der Waals surface area contributed by atoms with Crippen molar-refractivity contribution < 1.29 is 4.74 Å². The van der Waals surface area contributed by atoms with E-state index in [1.807, 2.05) is 37.3 Å². The largest absolute Gasteiger partial charge is 0.489 e. The number of aliphatic imine (C=N–C) groups is 1. The highest BCUT2D eigenvalue weighted by Gasteiger charge is 2.02. The number of hydrogen-bond donors (Lipinski definition) is 2. The fourth-order valence-corrected chi connectivity index (χ4v) is 3.33. The van der Waals surface area contributed by atoms with Crippen molar-refractivity contribution in [3.63, 3.8) is 0 Å². The summed E-state index contributed by atoms with van der Waals surface area (Å²) < 4.78 is 5.83. The second kappa shape index (κ2) is 12.4. The SMILES string of the molecule is CN=C(NCCc1csc(C)n1)NCc1ccc(OCc2ccccc2)cc1.I. The van der Waals surface area contributed by atoms with Gasteiger partial charge in [0.2, 0.25) is 0 Å². The molecule has 154 valence electrons. The highest BCUT2D eigenvalue weighted by Crippen LogP contribution is 2.14. The quantitative estimate of drug-likeness (QED) is 0.259. The highest BCUT2D eigenvalue weighted by atomic mass is 127. The molecule has 3 rings (SSSR count). The van der Waals surface area contributed by atoms with Gasteiger partial charge in [-0.25, -0.2) is 4.98 Å². The molecule has 0 bridgehead atoms. The number of aromatic nitrogens is 1. The van der Waals surface area contributed by atoms with E-state index in [2.05, 4.69) is 50.3 Å². The summed E-state index contributed by atoms with van der Waals surface area (Å²) in [5, 5.41) is 9.87. The maximum Gasteiger partial charge on any atom is 0.191 e. The summed E-state index contributed by atoms with van der Waals surface area (Å²) in [6, 6.07) is 18.3. The first-order valence-corrected chi connectivity index (χ1v) is 10.2. The van der Waals surface area contributed by atoms with Crippen LogP contribution in [0.2, 0.25) is 0 Å². The standard InChI is InChI=1S/C22H26N4OS.HI/c1-17-26-20(16-28-17)12-13-24-22(23-2)25-14-18-8-10-21(11-9-18)27-15-19-6-4-3-5-7-19;/h3-11,16H,12-15H2,1-2H3,(H2,23,24,25);1H. The number of aryl methyl sites for hydroxylation is 1. The first-order chi connectivity index (χ1) is 13.7. The maximum absolute atomic E-state index is 5.83. The van der Waals surface area contributed by atoms with Crippen LogP contribution >= 0.6 is 35.3 Å². The molecule has 0 aliphatic carbocycles. The molecule has 5 nitrogen and oxygen atoms in total. The van der Waals surface area contributed by atoms with Gasteiger partial charge in [-0.15, -0.1) is 35.3 Å². The fraction of sp³-hybridized carbons (Fsp3) is 0.273. The predicted octanol–water partition coefficient (Wildman–Crippen LogP) is 4.56. The first-order valence-electron chi connectivity index (χ1n) is 9.34. The molecule has 0 aliphatic heterocycles. The molecule has 1 heterocycles. The van der Waals surface area contributed by atoms with E-state index >= 15 is 0 Å². The van der Waals surface area contributed by atoms with E-state index in [9.17, 15) is 0 Å². The lowest BCUT2D eigenvalue weighted by Gasteiger charge is -2.12. The molecule has 0 amide bonds. The van der Waals surface area contributed by atoms with E-state index in [0.717, 1.165) is 40.9 Å². The Morgan fingerprint density at radius 1 is 1.03 bits per heavy atom. The molecule has 0 unspecified atom stereocenters. The Hall–Kier alpha value is -2.13. The van der Waals surface area contributed by atoms with Crippen molar-refractivity contribution in [3.05, 3.63) is 81.8 Å². The zero-order chi connectivity index (χ0) is 19.6. The summed E-state index contributed by atoms with van der Waals surface area (Å²) in [7, 11) is 1.78. The third-order valence-electron chi connectivity index (χ3n) is 4.20. The average Bonchev–Trinajstić information content (AvgIpc) is 3.15. The van der Waals surface area contributed by atoms with Crippen LogP contribution in [0.5, 0.6) is 5.75 Å². The molecule has 0 aliphatic rings. The zero-order valence-corrected chi connectivity index (χ0v) is 19.9. The van der Waals surface area contributed by atoms with Crippen LogP contribution in [0.3, 0.4) is 0 Å². The van der Waals surface area contributed by atoms with E-state index in [-0.39, 0.29) is 24.0 Å². The number of ether oxygens (including phenoxy) is 1. The van der Waals surface area contributed by atoms with Crippen LogP contribution < -0.4 is 15.4 Å².